The number of esters is 1. The van der Waals surface area contributed by atoms with Gasteiger partial charge >= 0.3 is 5.97 Å². The number of nitrogens with one attached hydrogen (secondary N) is 2. The van der Waals surface area contributed by atoms with Crippen LogP contribution >= 0.6 is 12.2 Å². The number of carbonyl (C=O) groups excluding carboxylic acids is 1. The number of carbonyl (C=O) groups is 1. The summed E-state index contributed by atoms with van der Waals surface area (Å²) in [5, 5.41) is 76.2. The zero-order chi connectivity index (χ0) is 29.2. The maximum absolute atomic E-state index is 13.2. The third-order valence-electron chi connectivity index (χ3n) is 7.27. The van der Waals surface area contributed by atoms with Gasteiger partial charge in [0.15, 0.2) is 10.7 Å². The number of phenolic OH excluding ortho intramolecular Hbond substituents is 2. The van der Waals surface area contributed by atoms with E-state index in [0.717, 1.165) is 0 Å². The quantitative estimate of drug-likeness (QED) is 0.112. The highest BCUT2D eigenvalue weighted by molar-refractivity contribution is 7.80. The second kappa shape index (κ2) is 9.66. The van der Waals surface area contributed by atoms with Crippen LogP contribution < -0.4 is 15.5 Å². The van der Waals surface area contributed by atoms with Gasteiger partial charge in [0.25, 0.3) is 0 Å². The van der Waals surface area contributed by atoms with Gasteiger partial charge in [-0.2, -0.15) is 5.10 Å². The first-order chi connectivity index (χ1) is 19.5. The third-order valence-corrected chi connectivity index (χ3v) is 7.46. The second-order valence-corrected chi connectivity index (χ2v) is 10.2. The van der Waals surface area contributed by atoms with E-state index in [1.54, 1.807) is 24.3 Å². The molecule has 1 fully saturated rings. The lowest BCUT2D eigenvalue weighted by Crippen LogP contribution is -2.62. The number of thiocarbonyl (C=S) groups is 1. The average Bonchev–Trinajstić information content (AvgIpc) is 3.22. The van der Waals surface area contributed by atoms with E-state index in [1.807, 2.05) is 0 Å². The topological polar surface area (TPSA) is 214 Å². The van der Waals surface area contributed by atoms with E-state index in [-0.39, 0.29) is 33.7 Å². The molecule has 1 saturated carbocycles. The Balaban J connectivity index is 1.31. The zero-order valence-electron chi connectivity index (χ0n) is 20.8. The van der Waals surface area contributed by atoms with Crippen LogP contribution in [0.1, 0.15) is 27.0 Å². The number of hydrogen-bond donors (Lipinski definition) is 9. The molecule has 212 valence electrons. The molecule has 5 atom stereocenters. The number of phenols is 2. The van der Waals surface area contributed by atoms with Crippen LogP contribution in [0.2, 0.25) is 0 Å². The van der Waals surface area contributed by atoms with Crippen molar-refractivity contribution in [1.82, 2.24) is 5.43 Å². The molecule has 6 rings (SSSR count). The predicted octanol–water partition coefficient (Wildman–Crippen LogP) is 0.126. The molecule has 3 aromatic rings. The van der Waals surface area contributed by atoms with Crippen LogP contribution in [0.4, 0.5) is 5.69 Å². The molecule has 13 nitrogen and oxygen atoms in total. The van der Waals surface area contributed by atoms with Gasteiger partial charge in [-0.25, -0.2) is 4.79 Å². The molecule has 0 bridgehead atoms. The van der Waals surface area contributed by atoms with Crippen molar-refractivity contribution in [3.8, 4) is 23.0 Å². The Morgan fingerprint density at radius 3 is 1.95 bits per heavy atom. The van der Waals surface area contributed by atoms with Crippen molar-refractivity contribution in [2.24, 2.45) is 5.10 Å². The molecule has 3 aromatic carbocycles. The van der Waals surface area contributed by atoms with E-state index in [4.69, 9.17) is 21.7 Å². The van der Waals surface area contributed by atoms with Crippen molar-refractivity contribution in [3.05, 3.63) is 76.9 Å². The smallest absolute Gasteiger partial charge is 0.340 e. The van der Waals surface area contributed by atoms with Crippen molar-refractivity contribution in [1.29, 1.82) is 0 Å². The van der Waals surface area contributed by atoms with Gasteiger partial charge < -0.3 is 50.5 Å². The van der Waals surface area contributed by atoms with Crippen LogP contribution in [-0.4, -0.2) is 83.1 Å². The van der Waals surface area contributed by atoms with Gasteiger partial charge in [-0.05, 0) is 48.6 Å². The summed E-state index contributed by atoms with van der Waals surface area (Å²) < 4.78 is 11.9. The van der Waals surface area contributed by atoms with E-state index >= 15 is 0 Å². The summed E-state index contributed by atoms with van der Waals surface area (Å²) in [4.78, 5) is 13.2. The number of aliphatic hydroxyl groups is 5. The lowest BCUT2D eigenvalue weighted by molar-refractivity contribution is -0.130. The number of nitrogens with zero attached hydrogens (tertiary/aromatic N) is 1. The van der Waals surface area contributed by atoms with Crippen LogP contribution in [0.3, 0.4) is 0 Å². The van der Waals surface area contributed by atoms with Gasteiger partial charge in [-0.15, -0.1) is 0 Å². The van der Waals surface area contributed by atoms with Crippen molar-refractivity contribution in [2.75, 3.05) is 5.32 Å². The number of aliphatic hydroxyl groups excluding tert-OH is 5. The highest BCUT2D eigenvalue weighted by atomic mass is 32.1. The van der Waals surface area contributed by atoms with E-state index < -0.39 is 47.8 Å². The minimum absolute atomic E-state index is 0.0651. The summed E-state index contributed by atoms with van der Waals surface area (Å²) >= 11 is 5.22. The lowest BCUT2D eigenvalue weighted by Gasteiger charge is -2.36. The fraction of sp³-hybridized carbons (Fsp3) is 0.222. The Morgan fingerprint density at radius 1 is 0.805 bits per heavy atom. The predicted molar refractivity (Wildman–Crippen MR) is 145 cm³/mol. The SMILES string of the molecule is O=C1OC2(c3ccc(O)cc3Oc3cc(O)ccc32)c2ccc(NC(=S)NN=C3[C@@H](O)[C@@H](O)[C@H](O)[C@H](O)[C@H]3O)cc21. The molecule has 14 heteroatoms. The largest absolute Gasteiger partial charge is 0.508 e. The highest BCUT2D eigenvalue weighted by Crippen LogP contribution is 2.57. The Kier molecular flexibility index (Phi) is 6.33. The minimum atomic E-state index is -1.78. The van der Waals surface area contributed by atoms with Gasteiger partial charge in [-0.3, -0.25) is 5.43 Å². The van der Waals surface area contributed by atoms with E-state index in [1.165, 1.54) is 30.3 Å². The normalized spacial score (nSPS) is 26.4. The van der Waals surface area contributed by atoms with Gasteiger partial charge in [0, 0.05) is 34.5 Å². The number of benzene rings is 3. The molecule has 9 N–H and O–H groups in total. The summed E-state index contributed by atoms with van der Waals surface area (Å²) in [6.45, 7) is 0. The van der Waals surface area contributed by atoms with Gasteiger partial charge in [0.05, 0.1) is 5.56 Å². The molecule has 1 spiro atoms. The molecule has 0 saturated heterocycles. The number of fused-ring (bicyclic) bond motifs is 6. The summed E-state index contributed by atoms with van der Waals surface area (Å²) in [7, 11) is 0. The molecule has 2 heterocycles. The lowest BCUT2D eigenvalue weighted by atomic mass is 9.77. The number of hydrogen-bond acceptors (Lipinski definition) is 12. The average molecular weight is 582 g/mol. The third kappa shape index (κ3) is 4.16. The Morgan fingerprint density at radius 2 is 1.37 bits per heavy atom. The number of rotatable bonds is 2. The Hall–Kier alpha value is -4.31. The molecule has 0 aromatic heterocycles. The van der Waals surface area contributed by atoms with Crippen LogP contribution in [0, 0.1) is 0 Å². The van der Waals surface area contributed by atoms with Crippen LogP contribution in [-0.2, 0) is 10.3 Å². The first-order valence-corrected chi connectivity index (χ1v) is 12.7. The Bertz CT molecular complexity index is 1560. The van der Waals surface area contributed by atoms with E-state index in [0.29, 0.717) is 22.4 Å². The zero-order valence-corrected chi connectivity index (χ0v) is 21.6. The van der Waals surface area contributed by atoms with Crippen molar-refractivity contribution < 1.29 is 50.0 Å². The van der Waals surface area contributed by atoms with Crippen LogP contribution in [0.5, 0.6) is 23.0 Å². The van der Waals surface area contributed by atoms with Crippen molar-refractivity contribution in [2.45, 2.75) is 36.1 Å². The highest BCUT2D eigenvalue weighted by Gasteiger charge is 2.53. The first-order valence-electron chi connectivity index (χ1n) is 12.3. The molecular formula is C27H23N3O10S. The summed E-state index contributed by atoms with van der Waals surface area (Å²) in [6, 6.07) is 13.6. The maximum Gasteiger partial charge on any atom is 0.340 e. The number of anilines is 1. The summed E-state index contributed by atoms with van der Waals surface area (Å²) in [6.07, 6.45) is -8.86. The first kappa shape index (κ1) is 26.9. The molecule has 0 amide bonds. The van der Waals surface area contributed by atoms with E-state index in [9.17, 15) is 40.5 Å². The standard InChI is InChI=1S/C27H23N3O10S/c31-11-2-5-15-17(8-11)39-18-9-12(32)3-6-16(18)27(15)14-4-1-10(7-13(14)25(38)40-27)28-26(41)30-29-19-20(33)22(35)24(37)23(36)21(19)34/h1-9,20-24,31-37H,(H2,28,30,41)/t20-,21+,22-,23-,24+/m1/s1. The van der Waals surface area contributed by atoms with Crippen LogP contribution in [0.15, 0.2) is 59.7 Å². The molecule has 2 aliphatic heterocycles. The number of aromatic hydroxyl groups is 2. The summed E-state index contributed by atoms with van der Waals surface area (Å²) in [5.74, 6) is -0.303. The van der Waals surface area contributed by atoms with Crippen molar-refractivity contribution in [3.63, 3.8) is 0 Å². The van der Waals surface area contributed by atoms with Gasteiger partial charge in [-0.1, -0.05) is 6.07 Å². The molecule has 0 radical (unpaired) electrons. The fourth-order valence-corrected chi connectivity index (χ4v) is 5.45. The second-order valence-electron chi connectivity index (χ2n) is 9.76. The van der Waals surface area contributed by atoms with Gasteiger partial charge in [0.2, 0.25) is 0 Å². The maximum atomic E-state index is 13.2. The van der Waals surface area contributed by atoms with Gasteiger partial charge in [0.1, 0.15) is 59.2 Å². The summed E-state index contributed by atoms with van der Waals surface area (Å²) in [5.41, 5.74) is 2.48. The molecule has 41 heavy (non-hydrogen) atoms. The fourth-order valence-electron chi connectivity index (χ4n) is 5.29. The monoisotopic (exact) mass is 581 g/mol. The van der Waals surface area contributed by atoms with Crippen LogP contribution in [0.25, 0.3) is 0 Å². The molecule has 0 unspecified atom stereocenters. The molecule has 3 aliphatic rings. The Labute approximate surface area is 236 Å². The molecular weight excluding hydrogens is 558 g/mol. The number of hydrazone groups is 1. The molecule has 1 aliphatic carbocycles. The number of ether oxygens (including phenoxy) is 2. The van der Waals surface area contributed by atoms with Crippen molar-refractivity contribution >= 4 is 34.7 Å². The minimum Gasteiger partial charge on any atom is -0.508 e. The van der Waals surface area contributed by atoms with E-state index in [2.05, 4.69) is 15.8 Å².